The molecule has 0 spiro atoms. The van der Waals surface area contributed by atoms with Crippen LogP contribution in [0, 0.1) is 17.3 Å². The Morgan fingerprint density at radius 1 is 1.53 bits per heavy atom. The lowest BCUT2D eigenvalue weighted by Gasteiger charge is -2.30. The van der Waals surface area contributed by atoms with E-state index >= 15 is 0 Å². The van der Waals surface area contributed by atoms with E-state index in [9.17, 15) is 0 Å². The molecule has 0 aromatic carbocycles. The number of rotatable bonds is 4. The summed E-state index contributed by atoms with van der Waals surface area (Å²) in [4.78, 5) is 4.44. The van der Waals surface area contributed by atoms with Crippen molar-refractivity contribution in [2.45, 2.75) is 25.7 Å². The highest BCUT2D eigenvalue weighted by Gasteiger charge is 2.53. The molecule has 2 atom stereocenters. The van der Waals surface area contributed by atoms with Crippen molar-refractivity contribution in [3.63, 3.8) is 0 Å². The molecule has 1 N–H and O–H groups in total. The fourth-order valence-electron chi connectivity index (χ4n) is 3.44. The van der Waals surface area contributed by atoms with Crippen LogP contribution in [0.1, 0.15) is 25.0 Å². The number of fused-ring (bicyclic) bond motifs is 1. The number of thiazole rings is 1. The molecule has 1 aromatic rings. The molecule has 1 heterocycles. The smallest absolute Gasteiger partial charge is 0.0794 e. The van der Waals surface area contributed by atoms with Crippen molar-refractivity contribution in [1.82, 2.24) is 10.3 Å². The molecule has 2 saturated carbocycles. The van der Waals surface area contributed by atoms with Crippen molar-refractivity contribution in [2.75, 3.05) is 13.6 Å². The fourth-order valence-corrected chi connectivity index (χ4v) is 4.00. The Labute approximate surface area is 95.1 Å². The number of aromatic nitrogens is 1. The van der Waals surface area contributed by atoms with E-state index in [1.807, 2.05) is 5.51 Å². The van der Waals surface area contributed by atoms with Gasteiger partial charge < -0.3 is 5.32 Å². The summed E-state index contributed by atoms with van der Waals surface area (Å²) >= 11 is 1.72. The quantitative estimate of drug-likeness (QED) is 0.845. The van der Waals surface area contributed by atoms with Gasteiger partial charge in [-0.05, 0) is 50.0 Å². The second kappa shape index (κ2) is 3.56. The lowest BCUT2D eigenvalue weighted by molar-refractivity contribution is 0.253. The maximum atomic E-state index is 4.44. The average Bonchev–Trinajstić information content (AvgIpc) is 2.67. The first-order valence-electron chi connectivity index (χ1n) is 5.83. The van der Waals surface area contributed by atoms with Crippen LogP contribution in [-0.2, 0) is 6.42 Å². The summed E-state index contributed by atoms with van der Waals surface area (Å²) in [5.41, 5.74) is 3.78. The highest BCUT2D eigenvalue weighted by atomic mass is 32.1. The molecule has 2 unspecified atom stereocenters. The van der Waals surface area contributed by atoms with E-state index in [-0.39, 0.29) is 0 Å². The van der Waals surface area contributed by atoms with Crippen LogP contribution in [-0.4, -0.2) is 18.6 Å². The molecule has 0 radical (unpaired) electrons. The van der Waals surface area contributed by atoms with Crippen LogP contribution in [0.3, 0.4) is 0 Å². The first-order valence-corrected chi connectivity index (χ1v) is 6.77. The summed E-state index contributed by atoms with van der Waals surface area (Å²) in [5.74, 6) is 2.11. The topological polar surface area (TPSA) is 24.9 Å². The highest BCUT2D eigenvalue weighted by Crippen LogP contribution is 2.60. The van der Waals surface area contributed by atoms with Crippen LogP contribution in [0.5, 0.6) is 0 Å². The average molecular weight is 222 g/mol. The largest absolute Gasteiger partial charge is 0.319 e. The normalized spacial score (nSPS) is 37.9. The SMILES string of the molecule is CNCC1(Cc2cscn2)CC2CC2C1. The molecule has 0 aliphatic heterocycles. The molecule has 2 fully saturated rings. The van der Waals surface area contributed by atoms with Crippen molar-refractivity contribution in [3.8, 4) is 0 Å². The van der Waals surface area contributed by atoms with Crippen molar-refractivity contribution >= 4 is 11.3 Å². The maximum Gasteiger partial charge on any atom is 0.0794 e. The van der Waals surface area contributed by atoms with Gasteiger partial charge in [0.25, 0.3) is 0 Å². The van der Waals surface area contributed by atoms with Gasteiger partial charge in [-0.3, -0.25) is 0 Å². The summed E-state index contributed by atoms with van der Waals surface area (Å²) in [7, 11) is 2.08. The van der Waals surface area contributed by atoms with Gasteiger partial charge in [0.15, 0.2) is 0 Å². The molecule has 0 amide bonds. The Bertz CT molecular complexity index is 323. The van der Waals surface area contributed by atoms with E-state index < -0.39 is 0 Å². The zero-order chi connectivity index (χ0) is 10.3. The van der Waals surface area contributed by atoms with Gasteiger partial charge >= 0.3 is 0 Å². The molecule has 3 rings (SSSR count). The molecule has 82 valence electrons. The van der Waals surface area contributed by atoms with Gasteiger partial charge in [0.05, 0.1) is 11.2 Å². The van der Waals surface area contributed by atoms with Crippen LogP contribution in [0.2, 0.25) is 0 Å². The fraction of sp³-hybridized carbons (Fsp3) is 0.750. The third kappa shape index (κ3) is 1.83. The number of hydrogen-bond acceptors (Lipinski definition) is 3. The predicted octanol–water partition coefficient (Wildman–Crippen LogP) is 2.32. The van der Waals surface area contributed by atoms with Gasteiger partial charge in [0, 0.05) is 11.9 Å². The van der Waals surface area contributed by atoms with E-state index in [1.165, 1.54) is 31.4 Å². The summed E-state index contributed by atoms with van der Waals surface area (Å²) in [5, 5.41) is 5.59. The molecule has 1 aromatic heterocycles. The Morgan fingerprint density at radius 3 is 2.93 bits per heavy atom. The second-order valence-corrected chi connectivity index (χ2v) is 6.07. The minimum atomic E-state index is 0.524. The molecule has 0 bridgehead atoms. The van der Waals surface area contributed by atoms with Crippen LogP contribution in [0.15, 0.2) is 10.9 Å². The van der Waals surface area contributed by atoms with Crippen molar-refractivity contribution < 1.29 is 0 Å². The Balaban J connectivity index is 1.73. The monoisotopic (exact) mass is 222 g/mol. The van der Waals surface area contributed by atoms with Crippen LogP contribution < -0.4 is 5.32 Å². The van der Waals surface area contributed by atoms with E-state index in [0.717, 1.165) is 18.4 Å². The number of nitrogens with one attached hydrogen (secondary N) is 1. The van der Waals surface area contributed by atoms with E-state index in [1.54, 1.807) is 11.3 Å². The molecular weight excluding hydrogens is 204 g/mol. The molecular formula is C12H18N2S. The van der Waals surface area contributed by atoms with E-state index in [4.69, 9.17) is 0 Å². The first kappa shape index (κ1) is 9.79. The minimum Gasteiger partial charge on any atom is -0.319 e. The molecule has 3 heteroatoms. The van der Waals surface area contributed by atoms with Crippen molar-refractivity contribution in [2.24, 2.45) is 17.3 Å². The van der Waals surface area contributed by atoms with Crippen LogP contribution in [0.4, 0.5) is 0 Å². The molecule has 0 saturated heterocycles. The van der Waals surface area contributed by atoms with Crippen LogP contribution in [0.25, 0.3) is 0 Å². The zero-order valence-electron chi connectivity index (χ0n) is 9.20. The molecule has 2 nitrogen and oxygen atoms in total. The van der Waals surface area contributed by atoms with Gasteiger partial charge in [0.1, 0.15) is 0 Å². The van der Waals surface area contributed by atoms with E-state index in [0.29, 0.717) is 5.41 Å². The van der Waals surface area contributed by atoms with Crippen molar-refractivity contribution in [3.05, 3.63) is 16.6 Å². The lowest BCUT2D eigenvalue weighted by atomic mass is 9.79. The molecule has 2 aliphatic carbocycles. The highest BCUT2D eigenvalue weighted by molar-refractivity contribution is 7.07. The second-order valence-electron chi connectivity index (χ2n) is 5.35. The van der Waals surface area contributed by atoms with Gasteiger partial charge in [-0.1, -0.05) is 0 Å². The van der Waals surface area contributed by atoms with Gasteiger partial charge in [-0.15, -0.1) is 11.3 Å². The predicted molar refractivity (Wildman–Crippen MR) is 63.0 cm³/mol. The summed E-state index contributed by atoms with van der Waals surface area (Å²) < 4.78 is 0. The van der Waals surface area contributed by atoms with Gasteiger partial charge in [-0.2, -0.15) is 0 Å². The lowest BCUT2D eigenvalue weighted by Crippen LogP contribution is -2.33. The number of hydrogen-bond donors (Lipinski definition) is 1. The Hall–Kier alpha value is -0.410. The summed E-state index contributed by atoms with van der Waals surface area (Å²) in [6.07, 6.45) is 5.54. The Kier molecular flexibility index (Phi) is 2.33. The standard InChI is InChI=1S/C12H18N2S/c1-13-7-12(3-9-2-10(9)4-12)5-11-6-15-8-14-11/h6,8-10,13H,2-5,7H2,1H3. The minimum absolute atomic E-state index is 0.524. The third-order valence-corrected chi connectivity index (χ3v) is 4.69. The van der Waals surface area contributed by atoms with Gasteiger partial charge in [-0.25, -0.2) is 4.98 Å². The first-order chi connectivity index (χ1) is 7.31. The summed E-state index contributed by atoms with van der Waals surface area (Å²) in [6, 6.07) is 0. The zero-order valence-corrected chi connectivity index (χ0v) is 10.0. The summed E-state index contributed by atoms with van der Waals surface area (Å²) in [6.45, 7) is 1.16. The number of nitrogens with zero attached hydrogens (tertiary/aromatic N) is 1. The Morgan fingerprint density at radius 2 is 2.33 bits per heavy atom. The molecule has 2 aliphatic rings. The van der Waals surface area contributed by atoms with Crippen LogP contribution >= 0.6 is 11.3 Å². The van der Waals surface area contributed by atoms with Gasteiger partial charge in [0.2, 0.25) is 0 Å². The van der Waals surface area contributed by atoms with Crippen molar-refractivity contribution in [1.29, 1.82) is 0 Å². The molecule has 15 heavy (non-hydrogen) atoms. The third-order valence-electron chi connectivity index (χ3n) is 4.05. The van der Waals surface area contributed by atoms with E-state index in [2.05, 4.69) is 22.7 Å². The maximum absolute atomic E-state index is 4.44.